The Kier molecular flexibility index (Phi) is 3.36. The van der Waals surface area contributed by atoms with Gasteiger partial charge in [-0.1, -0.05) is 0 Å². The summed E-state index contributed by atoms with van der Waals surface area (Å²) in [4.78, 5) is 21.5. The van der Waals surface area contributed by atoms with Crippen LogP contribution in [-0.2, 0) is 4.74 Å². The molecule has 6 nitrogen and oxygen atoms in total. The Hall–Kier alpha value is -1.46. The van der Waals surface area contributed by atoms with E-state index in [1.54, 1.807) is 0 Å². The molecule has 1 saturated heterocycles. The van der Waals surface area contributed by atoms with Crippen molar-refractivity contribution in [2.24, 2.45) is 0 Å². The molecule has 0 bridgehead atoms. The third-order valence-corrected chi connectivity index (χ3v) is 1.58. The van der Waals surface area contributed by atoms with Crippen LogP contribution >= 0.6 is 0 Å². The fourth-order valence-electron chi connectivity index (χ4n) is 0.975. The molecule has 1 heterocycles. The number of nitrogens with one attached hydrogen (secondary N) is 3. The smallest absolute Gasteiger partial charge is 0.407 e. The van der Waals surface area contributed by atoms with E-state index >= 15 is 0 Å². The molecule has 1 fully saturated rings. The predicted molar refractivity (Wildman–Crippen MR) is 45.3 cm³/mol. The predicted octanol–water partition coefficient (Wildman–Crippen LogP) is -0.586. The van der Waals surface area contributed by atoms with E-state index in [9.17, 15) is 9.59 Å². The maximum absolute atomic E-state index is 10.9. The molecule has 3 amide bonds. The number of ether oxygens (including phenoxy) is 1. The summed E-state index contributed by atoms with van der Waals surface area (Å²) in [5, 5.41) is 7.73. The summed E-state index contributed by atoms with van der Waals surface area (Å²) in [6, 6.07) is -0.348. The Morgan fingerprint density at radius 2 is 2.46 bits per heavy atom. The third-order valence-electron chi connectivity index (χ3n) is 1.58. The topological polar surface area (TPSA) is 79.5 Å². The number of hydrogen-bond acceptors (Lipinski definition) is 3. The average molecular weight is 187 g/mol. The second-order valence-electron chi connectivity index (χ2n) is 2.68. The number of carbonyl (C=O) groups excluding carboxylic acids is 2. The van der Waals surface area contributed by atoms with Gasteiger partial charge in [-0.25, -0.2) is 9.59 Å². The van der Waals surface area contributed by atoms with Gasteiger partial charge < -0.3 is 20.7 Å². The van der Waals surface area contributed by atoms with Crippen LogP contribution in [0, 0.1) is 0 Å². The lowest BCUT2D eigenvalue weighted by molar-refractivity contribution is 0.177. The van der Waals surface area contributed by atoms with Crippen LogP contribution in [0.25, 0.3) is 0 Å². The van der Waals surface area contributed by atoms with Crippen LogP contribution in [0.3, 0.4) is 0 Å². The van der Waals surface area contributed by atoms with Gasteiger partial charge in [-0.05, 0) is 6.92 Å². The number of cyclic esters (lactones) is 1. The Labute approximate surface area is 76.0 Å². The van der Waals surface area contributed by atoms with Gasteiger partial charge in [-0.15, -0.1) is 0 Å². The Morgan fingerprint density at radius 3 is 3.00 bits per heavy atom. The molecule has 74 valence electrons. The summed E-state index contributed by atoms with van der Waals surface area (Å²) in [5.41, 5.74) is 0. The van der Waals surface area contributed by atoms with Crippen LogP contribution in [-0.4, -0.2) is 37.9 Å². The first-order chi connectivity index (χ1) is 6.22. The summed E-state index contributed by atoms with van der Waals surface area (Å²) in [6.07, 6.45) is -0.428. The van der Waals surface area contributed by atoms with Crippen LogP contribution in [0.4, 0.5) is 9.59 Å². The zero-order valence-corrected chi connectivity index (χ0v) is 7.42. The molecule has 0 aliphatic carbocycles. The number of amides is 3. The Balaban J connectivity index is 2.12. The lowest BCUT2D eigenvalue weighted by Gasteiger charge is -2.08. The first-order valence-electron chi connectivity index (χ1n) is 4.17. The van der Waals surface area contributed by atoms with Crippen molar-refractivity contribution in [1.82, 2.24) is 16.0 Å². The highest BCUT2D eigenvalue weighted by molar-refractivity contribution is 5.74. The monoisotopic (exact) mass is 187 g/mol. The van der Waals surface area contributed by atoms with E-state index in [-0.39, 0.29) is 12.1 Å². The molecule has 0 aromatic carbocycles. The van der Waals surface area contributed by atoms with E-state index < -0.39 is 6.09 Å². The summed E-state index contributed by atoms with van der Waals surface area (Å²) in [7, 11) is 0. The molecule has 0 saturated carbocycles. The van der Waals surface area contributed by atoms with Crippen LogP contribution in [0.2, 0.25) is 0 Å². The number of hydrogen-bond donors (Lipinski definition) is 3. The Bertz CT molecular complexity index is 207. The van der Waals surface area contributed by atoms with E-state index in [4.69, 9.17) is 0 Å². The maximum Gasteiger partial charge on any atom is 0.407 e. The molecule has 0 aromatic heterocycles. The summed E-state index contributed by atoms with van der Waals surface area (Å²) < 4.78 is 4.64. The molecular weight excluding hydrogens is 174 g/mol. The van der Waals surface area contributed by atoms with E-state index in [1.165, 1.54) is 0 Å². The fourth-order valence-corrected chi connectivity index (χ4v) is 0.975. The lowest BCUT2D eigenvalue weighted by atomic mass is 10.3. The molecule has 13 heavy (non-hydrogen) atoms. The van der Waals surface area contributed by atoms with Crippen molar-refractivity contribution < 1.29 is 14.3 Å². The van der Waals surface area contributed by atoms with Crippen LogP contribution in [0.5, 0.6) is 0 Å². The second kappa shape index (κ2) is 4.54. The molecule has 1 aliphatic rings. The number of alkyl carbamates (subject to hydrolysis) is 1. The molecule has 1 atom stereocenters. The van der Waals surface area contributed by atoms with Crippen molar-refractivity contribution in [1.29, 1.82) is 0 Å². The second-order valence-corrected chi connectivity index (χ2v) is 2.68. The van der Waals surface area contributed by atoms with Gasteiger partial charge >= 0.3 is 12.1 Å². The minimum atomic E-state index is -0.428. The number of carbonyl (C=O) groups is 2. The first-order valence-corrected chi connectivity index (χ1v) is 4.17. The van der Waals surface area contributed by atoms with E-state index in [0.717, 1.165) is 0 Å². The standard InChI is InChI=1S/C7H13N3O3/c1-2-8-6(11)9-3-5-4-13-7(12)10-5/h5H,2-4H2,1H3,(H,10,12)(H2,8,9,11). The van der Waals surface area contributed by atoms with Gasteiger partial charge in [0.05, 0.1) is 6.04 Å². The van der Waals surface area contributed by atoms with Gasteiger partial charge in [0.15, 0.2) is 0 Å². The quantitative estimate of drug-likeness (QED) is 0.552. The minimum absolute atomic E-state index is 0.116. The zero-order valence-electron chi connectivity index (χ0n) is 7.42. The summed E-state index contributed by atoms with van der Waals surface area (Å²) in [5.74, 6) is 0. The zero-order chi connectivity index (χ0) is 9.68. The van der Waals surface area contributed by atoms with Gasteiger partial charge in [0, 0.05) is 13.1 Å². The molecule has 0 radical (unpaired) electrons. The molecule has 3 N–H and O–H groups in total. The highest BCUT2D eigenvalue weighted by Gasteiger charge is 2.21. The summed E-state index contributed by atoms with van der Waals surface area (Å²) >= 11 is 0. The van der Waals surface area contributed by atoms with Crippen LogP contribution in [0.1, 0.15) is 6.92 Å². The normalized spacial score (nSPS) is 20.4. The van der Waals surface area contributed by atoms with Crippen molar-refractivity contribution >= 4 is 12.1 Å². The molecule has 0 aromatic rings. The fraction of sp³-hybridized carbons (Fsp3) is 0.714. The third kappa shape index (κ3) is 3.18. The lowest BCUT2D eigenvalue weighted by Crippen LogP contribution is -2.43. The van der Waals surface area contributed by atoms with E-state index in [0.29, 0.717) is 19.7 Å². The SMILES string of the molecule is CCNC(=O)NCC1COC(=O)N1. The van der Waals surface area contributed by atoms with Crippen molar-refractivity contribution in [3.05, 3.63) is 0 Å². The van der Waals surface area contributed by atoms with Gasteiger partial charge in [0.25, 0.3) is 0 Å². The van der Waals surface area contributed by atoms with E-state index in [2.05, 4.69) is 20.7 Å². The summed E-state index contributed by atoms with van der Waals surface area (Å²) in [6.45, 7) is 3.11. The minimum Gasteiger partial charge on any atom is -0.447 e. The molecule has 6 heteroatoms. The van der Waals surface area contributed by atoms with Crippen molar-refractivity contribution in [3.63, 3.8) is 0 Å². The van der Waals surface area contributed by atoms with Gasteiger partial charge in [-0.2, -0.15) is 0 Å². The molecule has 0 spiro atoms. The van der Waals surface area contributed by atoms with E-state index in [1.807, 2.05) is 6.92 Å². The maximum atomic E-state index is 10.9. The largest absolute Gasteiger partial charge is 0.447 e. The van der Waals surface area contributed by atoms with Crippen molar-refractivity contribution in [2.45, 2.75) is 13.0 Å². The molecular formula is C7H13N3O3. The highest BCUT2D eigenvalue weighted by atomic mass is 16.6. The average Bonchev–Trinajstić information content (AvgIpc) is 2.49. The van der Waals surface area contributed by atoms with Crippen LogP contribution in [0.15, 0.2) is 0 Å². The van der Waals surface area contributed by atoms with Crippen molar-refractivity contribution in [3.8, 4) is 0 Å². The van der Waals surface area contributed by atoms with Crippen LogP contribution < -0.4 is 16.0 Å². The Morgan fingerprint density at radius 1 is 1.69 bits per heavy atom. The number of rotatable bonds is 3. The molecule has 1 aliphatic heterocycles. The molecule has 1 unspecified atom stereocenters. The molecule has 1 rings (SSSR count). The van der Waals surface area contributed by atoms with Crippen molar-refractivity contribution in [2.75, 3.05) is 19.7 Å². The van der Waals surface area contributed by atoms with Gasteiger partial charge in [0.1, 0.15) is 6.61 Å². The number of urea groups is 1. The first kappa shape index (κ1) is 9.63. The van der Waals surface area contributed by atoms with Gasteiger partial charge in [0.2, 0.25) is 0 Å². The van der Waals surface area contributed by atoms with Gasteiger partial charge in [-0.3, -0.25) is 0 Å². The highest BCUT2D eigenvalue weighted by Crippen LogP contribution is 1.95.